The molecule has 0 aliphatic carbocycles. The molecule has 0 fully saturated rings. The molecule has 0 radical (unpaired) electrons. The molecule has 0 spiro atoms. The van der Waals surface area contributed by atoms with Gasteiger partial charge in [-0.25, -0.2) is 0 Å². The Labute approximate surface area is 204 Å². The lowest BCUT2D eigenvalue weighted by Crippen LogP contribution is -2.32. The van der Waals surface area contributed by atoms with E-state index in [1.165, 1.54) is 15.9 Å². The third kappa shape index (κ3) is 4.25. The van der Waals surface area contributed by atoms with Crippen LogP contribution in [0.2, 0.25) is 0 Å². The van der Waals surface area contributed by atoms with Gasteiger partial charge in [0.1, 0.15) is 27.9 Å². The first-order chi connectivity index (χ1) is 15.4. The molecule has 3 aromatic rings. The molecule has 7 nitrogen and oxygen atoms in total. The van der Waals surface area contributed by atoms with Gasteiger partial charge in [0, 0.05) is 29.5 Å². The Morgan fingerprint density at radius 2 is 2.12 bits per heavy atom. The quantitative estimate of drug-likeness (QED) is 0.481. The SMILES string of the molecule is C=CCn1c(=C(C#N)c2nnc3n2CCCCC3)sc(=Cc2cc(Br)cc(Br)c2O)c1=O. The van der Waals surface area contributed by atoms with Crippen molar-refractivity contribution in [3.05, 3.63) is 70.5 Å². The number of aromatic hydroxyl groups is 1. The third-order valence-electron chi connectivity index (χ3n) is 5.22. The van der Waals surface area contributed by atoms with E-state index >= 15 is 0 Å². The maximum absolute atomic E-state index is 13.2. The fourth-order valence-electron chi connectivity index (χ4n) is 3.70. The van der Waals surface area contributed by atoms with Gasteiger partial charge in [0.2, 0.25) is 0 Å². The van der Waals surface area contributed by atoms with Crippen molar-refractivity contribution in [3.8, 4) is 11.8 Å². The number of aromatic nitrogens is 4. The number of aryl methyl sites for hydroxylation is 1. The van der Waals surface area contributed by atoms with Crippen LogP contribution in [0.4, 0.5) is 0 Å². The van der Waals surface area contributed by atoms with Gasteiger partial charge in [-0.2, -0.15) is 5.26 Å². The Bertz CT molecular complexity index is 1430. The van der Waals surface area contributed by atoms with Crippen LogP contribution < -0.4 is 14.8 Å². The number of hydrogen-bond acceptors (Lipinski definition) is 6. The highest BCUT2D eigenvalue weighted by Gasteiger charge is 2.20. The molecule has 1 aliphatic rings. The number of allylic oxidation sites excluding steroid dienone is 1. The van der Waals surface area contributed by atoms with E-state index in [9.17, 15) is 15.2 Å². The van der Waals surface area contributed by atoms with E-state index in [0.717, 1.165) is 42.5 Å². The Balaban J connectivity index is 2.01. The molecule has 1 aromatic carbocycles. The van der Waals surface area contributed by atoms with Gasteiger partial charge in [-0.15, -0.1) is 28.1 Å². The number of nitriles is 1. The summed E-state index contributed by atoms with van der Waals surface area (Å²) in [7, 11) is 0. The average Bonchev–Trinajstić information content (AvgIpc) is 3.18. The van der Waals surface area contributed by atoms with Crippen molar-refractivity contribution in [1.82, 2.24) is 19.3 Å². The maximum Gasteiger partial charge on any atom is 0.269 e. The van der Waals surface area contributed by atoms with Crippen molar-refractivity contribution >= 4 is 54.8 Å². The molecule has 10 heteroatoms. The Morgan fingerprint density at radius 1 is 1.31 bits per heavy atom. The van der Waals surface area contributed by atoms with Crippen LogP contribution in [-0.2, 0) is 19.5 Å². The molecule has 0 atom stereocenters. The number of benzene rings is 1. The summed E-state index contributed by atoms with van der Waals surface area (Å²) in [4.78, 5) is 13.2. The normalized spacial score (nSPS) is 15.1. The molecule has 1 N–H and O–H groups in total. The smallest absolute Gasteiger partial charge is 0.269 e. The standard InChI is InChI=1S/C22H19Br2N5O2S/c1-2-7-29-21(31)17(10-13-9-14(23)11-16(24)19(13)30)32-22(29)15(12-25)20-27-26-18-6-4-3-5-8-28(18)20/h2,9-11,30H,1,3-8H2. The van der Waals surface area contributed by atoms with Crippen molar-refractivity contribution < 1.29 is 5.11 Å². The predicted octanol–water partition coefficient (Wildman–Crippen LogP) is 3.20. The van der Waals surface area contributed by atoms with Crippen molar-refractivity contribution in [3.63, 3.8) is 0 Å². The summed E-state index contributed by atoms with van der Waals surface area (Å²) in [5, 5.41) is 29.1. The summed E-state index contributed by atoms with van der Waals surface area (Å²) >= 11 is 7.92. The summed E-state index contributed by atoms with van der Waals surface area (Å²) in [5.74, 6) is 1.39. The number of phenols is 1. The zero-order chi connectivity index (χ0) is 22.8. The first kappa shape index (κ1) is 22.7. The highest BCUT2D eigenvalue weighted by molar-refractivity contribution is 9.11. The summed E-state index contributed by atoms with van der Waals surface area (Å²) in [6.07, 6.45) is 7.22. The van der Waals surface area contributed by atoms with E-state index in [2.05, 4.69) is 54.7 Å². The van der Waals surface area contributed by atoms with E-state index < -0.39 is 0 Å². The van der Waals surface area contributed by atoms with Crippen LogP contribution in [0.15, 0.2) is 38.5 Å². The van der Waals surface area contributed by atoms with E-state index in [1.807, 2.05) is 4.57 Å². The van der Waals surface area contributed by atoms with E-state index in [0.29, 0.717) is 30.6 Å². The Kier molecular flexibility index (Phi) is 6.79. The molecule has 3 heterocycles. The van der Waals surface area contributed by atoms with E-state index in [-0.39, 0.29) is 17.9 Å². The second-order valence-electron chi connectivity index (χ2n) is 7.33. The topological polar surface area (TPSA) is 96.7 Å². The lowest BCUT2D eigenvalue weighted by atomic mass is 10.2. The number of halogens is 2. The Morgan fingerprint density at radius 3 is 2.88 bits per heavy atom. The molecule has 0 bridgehead atoms. The maximum atomic E-state index is 13.2. The second kappa shape index (κ2) is 9.57. The number of rotatable bonds is 4. The average molecular weight is 577 g/mol. The summed E-state index contributed by atoms with van der Waals surface area (Å²) in [6, 6.07) is 5.71. The Hall–Kier alpha value is -2.48. The van der Waals surface area contributed by atoms with Crippen LogP contribution >= 0.6 is 43.2 Å². The first-order valence-corrected chi connectivity index (χ1v) is 12.4. The van der Waals surface area contributed by atoms with Crippen molar-refractivity contribution in [2.24, 2.45) is 0 Å². The van der Waals surface area contributed by atoms with Gasteiger partial charge in [0.05, 0.1) is 9.01 Å². The fourth-order valence-corrected chi connectivity index (χ4v) is 6.06. The van der Waals surface area contributed by atoms with Gasteiger partial charge < -0.3 is 9.67 Å². The van der Waals surface area contributed by atoms with E-state index in [1.54, 1.807) is 24.3 Å². The van der Waals surface area contributed by atoms with Crippen LogP contribution in [-0.4, -0.2) is 24.4 Å². The largest absolute Gasteiger partial charge is 0.506 e. The molecule has 0 unspecified atom stereocenters. The lowest BCUT2D eigenvalue weighted by molar-refractivity contribution is 0.470. The van der Waals surface area contributed by atoms with Gasteiger partial charge in [-0.05, 0) is 47.0 Å². The highest BCUT2D eigenvalue weighted by Crippen LogP contribution is 2.32. The molecule has 0 saturated carbocycles. The molecule has 0 saturated heterocycles. The van der Waals surface area contributed by atoms with Crippen molar-refractivity contribution in [1.29, 1.82) is 5.26 Å². The van der Waals surface area contributed by atoms with Crippen molar-refractivity contribution in [2.45, 2.75) is 38.8 Å². The van der Waals surface area contributed by atoms with Gasteiger partial charge in [0.15, 0.2) is 5.82 Å². The zero-order valence-electron chi connectivity index (χ0n) is 17.0. The van der Waals surface area contributed by atoms with Crippen LogP contribution in [0, 0.1) is 11.3 Å². The van der Waals surface area contributed by atoms with Crippen molar-refractivity contribution in [2.75, 3.05) is 0 Å². The van der Waals surface area contributed by atoms with Gasteiger partial charge in [-0.1, -0.05) is 28.4 Å². The third-order valence-corrected chi connectivity index (χ3v) is 7.41. The molecule has 164 valence electrons. The molecule has 0 amide bonds. The minimum Gasteiger partial charge on any atom is -0.506 e. The summed E-state index contributed by atoms with van der Waals surface area (Å²) in [6.45, 7) is 4.75. The van der Waals surface area contributed by atoms with Gasteiger partial charge >= 0.3 is 0 Å². The number of thiazole rings is 1. The number of nitrogens with zero attached hydrogens (tertiary/aromatic N) is 5. The molecule has 2 aromatic heterocycles. The van der Waals surface area contributed by atoms with Crippen LogP contribution in [0.5, 0.6) is 5.75 Å². The fraction of sp³-hybridized carbons (Fsp3) is 0.273. The van der Waals surface area contributed by atoms with Gasteiger partial charge in [0.25, 0.3) is 5.56 Å². The number of hydrogen-bond donors (Lipinski definition) is 1. The second-order valence-corrected chi connectivity index (χ2v) is 10.1. The van der Waals surface area contributed by atoms with Gasteiger partial charge in [-0.3, -0.25) is 9.36 Å². The number of fused-ring (bicyclic) bond motifs is 1. The number of phenolic OH excluding ortho intramolecular Hbond substituents is 1. The summed E-state index contributed by atoms with van der Waals surface area (Å²) in [5.41, 5.74) is 0.536. The predicted molar refractivity (Wildman–Crippen MR) is 131 cm³/mol. The van der Waals surface area contributed by atoms with E-state index in [4.69, 9.17) is 0 Å². The molecular formula is C22H19Br2N5O2S. The minimum absolute atomic E-state index is 0.0325. The minimum atomic E-state index is -0.260. The highest BCUT2D eigenvalue weighted by atomic mass is 79.9. The zero-order valence-corrected chi connectivity index (χ0v) is 21.0. The monoisotopic (exact) mass is 575 g/mol. The molecule has 32 heavy (non-hydrogen) atoms. The van der Waals surface area contributed by atoms with Crippen LogP contribution in [0.1, 0.15) is 36.5 Å². The summed E-state index contributed by atoms with van der Waals surface area (Å²) < 4.78 is 5.67. The molecule has 1 aliphatic heterocycles. The molecular weight excluding hydrogens is 558 g/mol. The lowest BCUT2D eigenvalue weighted by Gasteiger charge is -2.06. The first-order valence-electron chi connectivity index (χ1n) is 10.0. The molecule has 4 rings (SSSR count). The van der Waals surface area contributed by atoms with Crippen LogP contribution in [0.3, 0.4) is 0 Å². The van der Waals surface area contributed by atoms with Crippen LogP contribution in [0.25, 0.3) is 11.6 Å².